The van der Waals surface area contributed by atoms with Gasteiger partial charge in [-0.2, -0.15) is 4.99 Å². The Hall–Kier alpha value is -3.33. The van der Waals surface area contributed by atoms with Crippen LogP contribution in [0, 0.1) is 0 Å². The lowest BCUT2D eigenvalue weighted by Gasteiger charge is -2.21. The zero-order valence-electron chi connectivity index (χ0n) is 15.6. The number of hydrogen-bond acceptors (Lipinski definition) is 6. The average molecular weight is 413 g/mol. The summed E-state index contributed by atoms with van der Waals surface area (Å²) in [7, 11) is 1.52. The number of hydrogen-bond donors (Lipinski definition) is 2. The number of methoxy groups -OCH3 is 1. The van der Waals surface area contributed by atoms with Gasteiger partial charge in [0.25, 0.3) is 11.8 Å². The Bertz CT molecular complexity index is 974. The summed E-state index contributed by atoms with van der Waals surface area (Å²) in [6.07, 6.45) is 0.371. The van der Waals surface area contributed by atoms with E-state index in [-0.39, 0.29) is 11.1 Å². The van der Waals surface area contributed by atoms with Gasteiger partial charge >= 0.3 is 5.97 Å². The molecule has 2 amide bonds. The highest BCUT2D eigenvalue weighted by Gasteiger charge is 2.27. The fourth-order valence-corrected chi connectivity index (χ4v) is 3.77. The van der Waals surface area contributed by atoms with Crippen LogP contribution in [0.4, 0.5) is 5.69 Å². The van der Waals surface area contributed by atoms with E-state index >= 15 is 0 Å². The smallest absolute Gasteiger partial charge is 0.323 e. The summed E-state index contributed by atoms with van der Waals surface area (Å²) >= 11 is 1.19. The topological polar surface area (TPSA) is 122 Å². The second-order valence-electron chi connectivity index (χ2n) is 6.28. The zero-order chi connectivity index (χ0) is 21.0. The number of thioether (sulfide) groups is 1. The number of nitrogens with two attached hydrogens (primary N) is 1. The molecule has 0 aliphatic carbocycles. The Labute approximate surface area is 171 Å². The van der Waals surface area contributed by atoms with E-state index in [2.05, 4.69) is 4.99 Å². The van der Waals surface area contributed by atoms with Crippen LogP contribution in [-0.4, -0.2) is 47.0 Å². The summed E-state index contributed by atoms with van der Waals surface area (Å²) in [6, 6.07) is 13.3. The SMILES string of the molecule is COc1ccc(N(CC(=O)O)C(=O)c2cccc(CC3SC(N)=NC3=O)c2)cc1. The number of aliphatic carboxylic acids is 1. The molecule has 9 heteroatoms. The second kappa shape index (κ2) is 8.78. The van der Waals surface area contributed by atoms with E-state index in [9.17, 15) is 19.5 Å². The van der Waals surface area contributed by atoms with Crippen molar-refractivity contribution in [1.29, 1.82) is 0 Å². The minimum atomic E-state index is -1.13. The van der Waals surface area contributed by atoms with Crippen LogP contribution in [-0.2, 0) is 16.0 Å². The van der Waals surface area contributed by atoms with Crippen LogP contribution in [0.2, 0.25) is 0 Å². The van der Waals surface area contributed by atoms with Gasteiger partial charge in [0.05, 0.1) is 12.4 Å². The minimum Gasteiger partial charge on any atom is -0.497 e. The first-order chi connectivity index (χ1) is 13.9. The van der Waals surface area contributed by atoms with Crippen molar-refractivity contribution in [2.24, 2.45) is 10.7 Å². The van der Waals surface area contributed by atoms with Crippen LogP contribution in [0.5, 0.6) is 5.75 Å². The lowest BCUT2D eigenvalue weighted by molar-refractivity contribution is -0.135. The molecule has 1 unspecified atom stereocenters. The molecule has 0 saturated heterocycles. The van der Waals surface area contributed by atoms with Crippen molar-refractivity contribution < 1.29 is 24.2 Å². The van der Waals surface area contributed by atoms with Gasteiger partial charge in [-0.05, 0) is 48.4 Å². The maximum Gasteiger partial charge on any atom is 0.323 e. The normalized spacial score (nSPS) is 15.7. The molecular formula is C20H19N3O5S. The fraction of sp³-hybridized carbons (Fsp3) is 0.200. The van der Waals surface area contributed by atoms with Crippen LogP contribution in [0.1, 0.15) is 15.9 Å². The molecular weight excluding hydrogens is 394 g/mol. The number of amides is 2. The van der Waals surface area contributed by atoms with Gasteiger partial charge in [0.15, 0.2) is 5.17 Å². The molecule has 3 N–H and O–H groups in total. The highest BCUT2D eigenvalue weighted by atomic mass is 32.2. The van der Waals surface area contributed by atoms with Crippen molar-refractivity contribution in [2.45, 2.75) is 11.7 Å². The van der Waals surface area contributed by atoms with Gasteiger partial charge in [0.1, 0.15) is 12.3 Å². The van der Waals surface area contributed by atoms with Gasteiger partial charge < -0.3 is 15.6 Å². The molecule has 150 valence electrons. The van der Waals surface area contributed by atoms with E-state index in [0.717, 1.165) is 5.56 Å². The first-order valence-electron chi connectivity index (χ1n) is 8.68. The molecule has 2 aromatic rings. The highest BCUT2D eigenvalue weighted by Crippen LogP contribution is 2.25. The van der Waals surface area contributed by atoms with Crippen LogP contribution in [0.15, 0.2) is 53.5 Å². The molecule has 0 radical (unpaired) electrons. The van der Waals surface area contributed by atoms with Gasteiger partial charge in [0.2, 0.25) is 0 Å². The number of rotatable bonds is 7. The number of carbonyl (C=O) groups excluding carboxylic acids is 2. The predicted molar refractivity (Wildman–Crippen MR) is 110 cm³/mol. The van der Waals surface area contributed by atoms with Crippen LogP contribution < -0.4 is 15.4 Å². The van der Waals surface area contributed by atoms with Gasteiger partial charge in [-0.25, -0.2) is 0 Å². The van der Waals surface area contributed by atoms with Crippen LogP contribution >= 0.6 is 11.8 Å². The van der Waals surface area contributed by atoms with Crippen LogP contribution in [0.25, 0.3) is 0 Å². The monoisotopic (exact) mass is 413 g/mol. The maximum atomic E-state index is 13.1. The highest BCUT2D eigenvalue weighted by molar-refractivity contribution is 8.15. The van der Waals surface area contributed by atoms with Gasteiger partial charge in [0, 0.05) is 11.3 Å². The number of amidine groups is 1. The van der Waals surface area contributed by atoms with Crippen LogP contribution in [0.3, 0.4) is 0 Å². The van der Waals surface area contributed by atoms with E-state index in [0.29, 0.717) is 23.4 Å². The van der Waals surface area contributed by atoms with E-state index in [1.54, 1.807) is 48.5 Å². The lowest BCUT2D eigenvalue weighted by Crippen LogP contribution is -2.35. The number of carboxylic acids is 1. The van der Waals surface area contributed by atoms with Crippen molar-refractivity contribution in [3.8, 4) is 5.75 Å². The molecule has 2 aromatic carbocycles. The quantitative estimate of drug-likeness (QED) is 0.711. The number of carboxylic acid groups (broad SMARTS) is 1. The summed E-state index contributed by atoms with van der Waals surface area (Å²) in [5.74, 6) is -1.29. The molecule has 3 rings (SSSR count). The van der Waals surface area contributed by atoms with Gasteiger partial charge in [-0.3, -0.25) is 19.3 Å². The van der Waals surface area contributed by atoms with Crippen molar-refractivity contribution in [2.75, 3.05) is 18.6 Å². The standard InChI is InChI=1S/C20H19N3O5S/c1-28-15-7-5-14(6-8-15)23(11-17(24)25)19(27)13-4-2-3-12(9-13)10-16-18(26)22-20(21)29-16/h2-9,16H,10-11H2,1H3,(H,24,25)(H2,21,22,26). The first-order valence-corrected chi connectivity index (χ1v) is 9.56. The van der Waals surface area contributed by atoms with E-state index in [4.69, 9.17) is 10.5 Å². The number of carbonyl (C=O) groups is 3. The first kappa shape index (κ1) is 20.4. The Kier molecular flexibility index (Phi) is 6.18. The average Bonchev–Trinajstić information content (AvgIpc) is 3.02. The Balaban J connectivity index is 1.83. The zero-order valence-corrected chi connectivity index (χ0v) is 16.4. The maximum absolute atomic E-state index is 13.1. The third-order valence-electron chi connectivity index (χ3n) is 4.28. The molecule has 1 aliphatic rings. The van der Waals surface area contributed by atoms with Crippen molar-refractivity contribution >= 4 is 40.4 Å². The van der Waals surface area contributed by atoms with E-state index in [1.165, 1.54) is 23.8 Å². The molecule has 0 saturated carbocycles. The van der Waals surface area contributed by atoms with Crippen molar-refractivity contribution in [3.63, 3.8) is 0 Å². The fourth-order valence-electron chi connectivity index (χ4n) is 2.91. The van der Waals surface area contributed by atoms with E-state index < -0.39 is 23.7 Å². The summed E-state index contributed by atoms with van der Waals surface area (Å²) < 4.78 is 5.10. The largest absolute Gasteiger partial charge is 0.497 e. The minimum absolute atomic E-state index is 0.236. The number of ether oxygens (including phenoxy) is 1. The third-order valence-corrected chi connectivity index (χ3v) is 5.26. The summed E-state index contributed by atoms with van der Waals surface area (Å²) in [6.45, 7) is -0.489. The Morgan fingerprint density at radius 1 is 1.24 bits per heavy atom. The third kappa shape index (κ3) is 4.94. The van der Waals surface area contributed by atoms with Gasteiger partial charge in [-0.15, -0.1) is 0 Å². The molecule has 29 heavy (non-hydrogen) atoms. The van der Waals surface area contributed by atoms with E-state index in [1.807, 2.05) is 0 Å². The summed E-state index contributed by atoms with van der Waals surface area (Å²) in [4.78, 5) is 41.1. The molecule has 1 atom stereocenters. The second-order valence-corrected chi connectivity index (χ2v) is 7.51. The molecule has 0 bridgehead atoms. The number of anilines is 1. The summed E-state index contributed by atoms with van der Waals surface area (Å²) in [5.41, 5.74) is 7.11. The Morgan fingerprint density at radius 2 is 1.97 bits per heavy atom. The number of benzene rings is 2. The molecule has 8 nitrogen and oxygen atoms in total. The molecule has 0 aromatic heterocycles. The predicted octanol–water partition coefficient (Wildman–Crippen LogP) is 1.93. The lowest BCUT2D eigenvalue weighted by atomic mass is 10.0. The molecule has 0 fully saturated rings. The van der Waals surface area contributed by atoms with Crippen molar-refractivity contribution in [1.82, 2.24) is 0 Å². The number of aliphatic imine (C=N–C) groups is 1. The van der Waals surface area contributed by atoms with Crippen molar-refractivity contribution in [3.05, 3.63) is 59.7 Å². The molecule has 1 heterocycles. The Morgan fingerprint density at radius 3 is 2.55 bits per heavy atom. The molecule has 0 spiro atoms. The molecule has 1 aliphatic heterocycles. The summed E-state index contributed by atoms with van der Waals surface area (Å²) in [5, 5.41) is 9.07. The number of nitrogens with zero attached hydrogens (tertiary/aromatic N) is 2. The van der Waals surface area contributed by atoms with Gasteiger partial charge in [-0.1, -0.05) is 23.9 Å².